The number of piperidine rings is 1. The molecule has 0 spiro atoms. The molecule has 3 N–H and O–H groups in total. The van der Waals surface area contributed by atoms with Crippen LogP contribution in [0.1, 0.15) is 36.0 Å². The van der Waals surface area contributed by atoms with Crippen molar-refractivity contribution in [3.63, 3.8) is 0 Å². The van der Waals surface area contributed by atoms with Crippen LogP contribution in [-0.2, 0) is 0 Å². The summed E-state index contributed by atoms with van der Waals surface area (Å²) in [5, 5.41) is 14.4. The van der Waals surface area contributed by atoms with E-state index in [0.29, 0.717) is 28.4 Å². The minimum absolute atomic E-state index is 0.0694. The molecule has 2 unspecified atom stereocenters. The monoisotopic (exact) mass is 330 g/mol. The van der Waals surface area contributed by atoms with Gasteiger partial charge < -0.3 is 10.6 Å². The number of amides is 1. The molecule has 2 aromatic rings. The Kier molecular flexibility index (Phi) is 3.83. The second-order valence-corrected chi connectivity index (χ2v) is 6.89. The highest BCUT2D eigenvalue weighted by atomic mass is 35.5. The first-order valence-electron chi connectivity index (χ1n) is 8.05. The fraction of sp³-hybridized carbons (Fsp3) is 0.412. The van der Waals surface area contributed by atoms with Gasteiger partial charge in [0.2, 0.25) is 0 Å². The summed E-state index contributed by atoms with van der Waals surface area (Å²) in [5.41, 5.74) is 2.14. The number of aromatic nitrogens is 2. The fourth-order valence-corrected chi connectivity index (χ4v) is 3.95. The van der Waals surface area contributed by atoms with Crippen LogP contribution in [-0.4, -0.2) is 34.2 Å². The molecule has 2 atom stereocenters. The molecule has 23 heavy (non-hydrogen) atoms. The predicted molar refractivity (Wildman–Crippen MR) is 89.5 cm³/mol. The highest BCUT2D eigenvalue weighted by Crippen LogP contribution is 2.28. The number of H-pyrrole nitrogens is 1. The van der Waals surface area contributed by atoms with Crippen molar-refractivity contribution in [2.24, 2.45) is 0 Å². The zero-order valence-corrected chi connectivity index (χ0v) is 13.4. The van der Waals surface area contributed by atoms with Crippen LogP contribution in [0.4, 0.5) is 0 Å². The molecule has 2 aliphatic heterocycles. The minimum atomic E-state index is -0.0694. The SMILES string of the molecule is O=C(NC1CC2CCC(C1)N2)c1cn[nH]c1-c1cccc(Cl)c1. The molecule has 2 aliphatic rings. The average Bonchev–Trinajstić information content (AvgIpc) is 3.14. The quantitative estimate of drug-likeness (QED) is 0.810. The summed E-state index contributed by atoms with van der Waals surface area (Å²) in [7, 11) is 0. The Morgan fingerprint density at radius 1 is 1.26 bits per heavy atom. The number of fused-ring (bicyclic) bond motifs is 2. The summed E-state index contributed by atoms with van der Waals surface area (Å²) in [6, 6.07) is 8.77. The van der Waals surface area contributed by atoms with Crippen molar-refractivity contribution in [3.8, 4) is 11.3 Å². The molecule has 1 amide bonds. The first-order chi connectivity index (χ1) is 11.2. The van der Waals surface area contributed by atoms with E-state index < -0.39 is 0 Å². The largest absolute Gasteiger partial charge is 0.349 e. The predicted octanol–water partition coefficient (Wildman–Crippen LogP) is 2.74. The molecule has 5 nitrogen and oxygen atoms in total. The Balaban J connectivity index is 1.52. The van der Waals surface area contributed by atoms with Crippen LogP contribution in [0, 0.1) is 0 Å². The summed E-state index contributed by atoms with van der Waals surface area (Å²) in [5.74, 6) is -0.0694. The summed E-state index contributed by atoms with van der Waals surface area (Å²) < 4.78 is 0. The van der Waals surface area contributed by atoms with Gasteiger partial charge in [-0.2, -0.15) is 5.10 Å². The third-order valence-electron chi connectivity index (χ3n) is 4.81. The molecule has 2 bridgehead atoms. The Hall–Kier alpha value is -1.85. The second-order valence-electron chi connectivity index (χ2n) is 6.45. The van der Waals surface area contributed by atoms with E-state index in [1.54, 1.807) is 6.20 Å². The van der Waals surface area contributed by atoms with E-state index >= 15 is 0 Å². The van der Waals surface area contributed by atoms with Crippen molar-refractivity contribution in [1.82, 2.24) is 20.8 Å². The van der Waals surface area contributed by atoms with Crippen molar-refractivity contribution in [2.45, 2.75) is 43.8 Å². The number of aromatic amines is 1. The van der Waals surface area contributed by atoms with Crippen LogP contribution < -0.4 is 10.6 Å². The van der Waals surface area contributed by atoms with Crippen LogP contribution in [0.25, 0.3) is 11.3 Å². The molecule has 0 aliphatic carbocycles. The molecule has 1 aromatic carbocycles. The molecule has 2 saturated heterocycles. The van der Waals surface area contributed by atoms with Crippen molar-refractivity contribution >= 4 is 17.5 Å². The minimum Gasteiger partial charge on any atom is -0.349 e. The van der Waals surface area contributed by atoms with Gasteiger partial charge in [0, 0.05) is 28.7 Å². The fourth-order valence-electron chi connectivity index (χ4n) is 3.76. The summed E-state index contributed by atoms with van der Waals surface area (Å²) in [4.78, 5) is 12.7. The molecule has 0 saturated carbocycles. The Labute approximate surface area is 139 Å². The molecular weight excluding hydrogens is 312 g/mol. The van der Waals surface area contributed by atoms with Gasteiger partial charge in [0.15, 0.2) is 0 Å². The summed E-state index contributed by atoms with van der Waals surface area (Å²) >= 11 is 6.05. The Bertz CT molecular complexity index is 717. The standard InChI is InChI=1S/C17H19ClN4O/c18-11-3-1-2-10(6-11)16-15(9-19-22-16)17(23)21-14-7-12-4-5-13(8-14)20-12/h1-3,6,9,12-14,20H,4-5,7-8H2,(H,19,22)(H,21,23). The van der Waals surface area contributed by atoms with Gasteiger partial charge in [0.1, 0.15) is 0 Å². The molecule has 2 fully saturated rings. The lowest BCUT2D eigenvalue weighted by atomic mass is 9.99. The second kappa shape index (κ2) is 5.98. The highest BCUT2D eigenvalue weighted by Gasteiger charge is 2.34. The number of benzene rings is 1. The van der Waals surface area contributed by atoms with E-state index in [1.807, 2.05) is 24.3 Å². The third kappa shape index (κ3) is 2.99. The first-order valence-corrected chi connectivity index (χ1v) is 8.43. The first kappa shape index (κ1) is 14.7. The number of rotatable bonds is 3. The van der Waals surface area contributed by atoms with Gasteiger partial charge in [-0.15, -0.1) is 0 Å². The summed E-state index contributed by atoms with van der Waals surface area (Å²) in [6.45, 7) is 0. The van der Waals surface area contributed by atoms with E-state index in [9.17, 15) is 4.79 Å². The molecule has 6 heteroatoms. The van der Waals surface area contributed by atoms with Crippen molar-refractivity contribution in [3.05, 3.63) is 41.0 Å². The number of nitrogens with one attached hydrogen (secondary N) is 3. The maximum absolute atomic E-state index is 12.7. The summed E-state index contributed by atoms with van der Waals surface area (Å²) in [6.07, 6.45) is 6.04. The van der Waals surface area contributed by atoms with Gasteiger partial charge in [-0.05, 0) is 37.8 Å². The maximum Gasteiger partial charge on any atom is 0.255 e. The number of hydrogen-bond acceptors (Lipinski definition) is 3. The normalized spacial score (nSPS) is 26.2. The lowest BCUT2D eigenvalue weighted by Crippen LogP contribution is -2.48. The van der Waals surface area contributed by atoms with Gasteiger partial charge in [-0.3, -0.25) is 9.89 Å². The molecule has 0 radical (unpaired) electrons. The van der Waals surface area contributed by atoms with Gasteiger partial charge in [-0.25, -0.2) is 0 Å². The lowest BCUT2D eigenvalue weighted by molar-refractivity contribution is 0.0924. The molecular formula is C17H19ClN4O. The van der Waals surface area contributed by atoms with Crippen LogP contribution in [0.15, 0.2) is 30.5 Å². The van der Waals surface area contributed by atoms with Gasteiger partial charge in [-0.1, -0.05) is 23.7 Å². The zero-order valence-electron chi connectivity index (χ0n) is 12.7. The Morgan fingerprint density at radius 2 is 2.04 bits per heavy atom. The Morgan fingerprint density at radius 3 is 2.78 bits per heavy atom. The highest BCUT2D eigenvalue weighted by molar-refractivity contribution is 6.30. The number of halogens is 1. The van der Waals surface area contributed by atoms with Gasteiger partial charge >= 0.3 is 0 Å². The van der Waals surface area contributed by atoms with E-state index in [1.165, 1.54) is 12.8 Å². The molecule has 3 heterocycles. The van der Waals surface area contributed by atoms with E-state index in [2.05, 4.69) is 20.8 Å². The molecule has 1 aromatic heterocycles. The van der Waals surface area contributed by atoms with Gasteiger partial charge in [0.25, 0.3) is 5.91 Å². The van der Waals surface area contributed by atoms with Crippen molar-refractivity contribution in [1.29, 1.82) is 0 Å². The van der Waals surface area contributed by atoms with Crippen LogP contribution >= 0.6 is 11.6 Å². The van der Waals surface area contributed by atoms with Gasteiger partial charge in [0.05, 0.1) is 17.5 Å². The van der Waals surface area contributed by atoms with E-state index in [4.69, 9.17) is 11.6 Å². The molecule has 4 rings (SSSR count). The van der Waals surface area contributed by atoms with E-state index in [-0.39, 0.29) is 11.9 Å². The van der Waals surface area contributed by atoms with E-state index in [0.717, 1.165) is 18.4 Å². The smallest absolute Gasteiger partial charge is 0.255 e. The topological polar surface area (TPSA) is 69.8 Å². The zero-order chi connectivity index (χ0) is 15.8. The number of hydrogen-bond donors (Lipinski definition) is 3. The average molecular weight is 331 g/mol. The molecule has 120 valence electrons. The van der Waals surface area contributed by atoms with Crippen molar-refractivity contribution < 1.29 is 4.79 Å². The van der Waals surface area contributed by atoms with Crippen molar-refractivity contribution in [2.75, 3.05) is 0 Å². The van der Waals surface area contributed by atoms with Crippen LogP contribution in [0.5, 0.6) is 0 Å². The maximum atomic E-state index is 12.7. The lowest BCUT2D eigenvalue weighted by Gasteiger charge is -2.29. The number of carbonyl (C=O) groups excluding carboxylic acids is 1. The third-order valence-corrected chi connectivity index (χ3v) is 5.04. The van der Waals surface area contributed by atoms with Crippen LogP contribution in [0.3, 0.4) is 0 Å². The number of nitrogens with zero attached hydrogens (tertiary/aromatic N) is 1. The van der Waals surface area contributed by atoms with Crippen LogP contribution in [0.2, 0.25) is 5.02 Å². The number of carbonyl (C=O) groups is 1.